The molecule has 0 aliphatic carbocycles. The van der Waals surface area contributed by atoms with Crippen molar-refractivity contribution in [2.24, 2.45) is 0 Å². The van der Waals surface area contributed by atoms with Crippen LogP contribution in [0.2, 0.25) is 5.02 Å². The maximum Gasteiger partial charge on any atom is 0.325 e. The second-order valence-electron chi connectivity index (χ2n) is 5.33. The van der Waals surface area contributed by atoms with E-state index >= 15 is 0 Å². The molecular weight excluding hydrogens is 316 g/mol. The van der Waals surface area contributed by atoms with Gasteiger partial charge in [-0.05, 0) is 32.0 Å². The van der Waals surface area contributed by atoms with E-state index in [4.69, 9.17) is 16.7 Å². The van der Waals surface area contributed by atoms with Crippen LogP contribution in [0.15, 0.2) is 30.3 Å². The predicted octanol–water partition coefficient (Wildman–Crippen LogP) is 3.47. The highest BCUT2D eigenvalue weighted by Crippen LogP contribution is 2.27. The minimum atomic E-state index is -0.951. The van der Waals surface area contributed by atoms with Crippen LogP contribution >= 0.6 is 11.6 Å². The standard InChI is InChI=1S/C16H15ClN4O2/c1-8-6-12-14(18-8)20-13(10-4-3-5-11(17)7-10)21-15(12)19-9(2)16(22)23/h3-7,9H,1-2H3,(H,22,23)(H2,18,19,20,21). The van der Waals surface area contributed by atoms with Gasteiger partial charge >= 0.3 is 5.97 Å². The molecule has 0 saturated heterocycles. The number of carbonyl (C=O) groups is 1. The number of nitrogens with one attached hydrogen (secondary N) is 2. The summed E-state index contributed by atoms with van der Waals surface area (Å²) in [5, 5.41) is 13.4. The Hall–Kier alpha value is -2.60. The molecule has 0 saturated carbocycles. The summed E-state index contributed by atoms with van der Waals surface area (Å²) in [6, 6.07) is 8.33. The fraction of sp³-hybridized carbons (Fsp3) is 0.188. The number of H-pyrrole nitrogens is 1. The van der Waals surface area contributed by atoms with Crippen LogP contribution in [-0.2, 0) is 4.79 Å². The first-order valence-electron chi connectivity index (χ1n) is 7.06. The van der Waals surface area contributed by atoms with Gasteiger partial charge in [0.25, 0.3) is 0 Å². The molecule has 0 aliphatic rings. The van der Waals surface area contributed by atoms with E-state index in [0.717, 1.165) is 16.6 Å². The number of aromatic nitrogens is 3. The van der Waals surface area contributed by atoms with Gasteiger partial charge in [0.2, 0.25) is 0 Å². The second-order valence-corrected chi connectivity index (χ2v) is 5.76. The Morgan fingerprint density at radius 2 is 2.13 bits per heavy atom. The Kier molecular flexibility index (Phi) is 3.92. The van der Waals surface area contributed by atoms with E-state index in [1.54, 1.807) is 19.1 Å². The van der Waals surface area contributed by atoms with Gasteiger partial charge in [-0.1, -0.05) is 23.7 Å². The van der Waals surface area contributed by atoms with Crippen molar-refractivity contribution in [1.29, 1.82) is 0 Å². The van der Waals surface area contributed by atoms with Crippen LogP contribution in [0.1, 0.15) is 12.6 Å². The van der Waals surface area contributed by atoms with Crippen LogP contribution in [-0.4, -0.2) is 32.1 Å². The fourth-order valence-corrected chi connectivity index (χ4v) is 2.46. The molecule has 118 valence electrons. The lowest BCUT2D eigenvalue weighted by atomic mass is 10.2. The summed E-state index contributed by atoms with van der Waals surface area (Å²) in [5.74, 6) is -0.000472. The molecule has 6 nitrogen and oxygen atoms in total. The number of halogens is 1. The average molecular weight is 331 g/mol. The van der Waals surface area contributed by atoms with Crippen molar-refractivity contribution in [3.05, 3.63) is 41.0 Å². The van der Waals surface area contributed by atoms with Gasteiger partial charge in [0.15, 0.2) is 5.82 Å². The van der Waals surface area contributed by atoms with E-state index in [1.165, 1.54) is 0 Å². The van der Waals surface area contributed by atoms with Crippen LogP contribution in [0.4, 0.5) is 5.82 Å². The molecule has 2 aromatic heterocycles. The Balaban J connectivity index is 2.15. The van der Waals surface area contributed by atoms with Gasteiger partial charge < -0.3 is 15.4 Å². The molecule has 1 unspecified atom stereocenters. The molecule has 0 amide bonds. The largest absolute Gasteiger partial charge is 0.480 e. The summed E-state index contributed by atoms with van der Waals surface area (Å²) in [6.07, 6.45) is 0. The van der Waals surface area contributed by atoms with Gasteiger partial charge in [0, 0.05) is 16.3 Å². The number of anilines is 1. The molecule has 3 N–H and O–H groups in total. The number of carboxylic acid groups (broad SMARTS) is 1. The molecule has 0 spiro atoms. The number of rotatable bonds is 4. The maximum absolute atomic E-state index is 11.1. The van der Waals surface area contributed by atoms with Crippen LogP contribution in [0.25, 0.3) is 22.4 Å². The van der Waals surface area contributed by atoms with E-state index in [2.05, 4.69) is 20.3 Å². The number of fused-ring (bicyclic) bond motifs is 1. The number of hydrogen-bond donors (Lipinski definition) is 3. The molecule has 0 radical (unpaired) electrons. The average Bonchev–Trinajstić information content (AvgIpc) is 2.87. The maximum atomic E-state index is 11.1. The Morgan fingerprint density at radius 1 is 1.35 bits per heavy atom. The Labute approximate surface area is 137 Å². The van der Waals surface area contributed by atoms with E-state index < -0.39 is 12.0 Å². The smallest absolute Gasteiger partial charge is 0.325 e. The third-order valence-electron chi connectivity index (χ3n) is 3.43. The first kappa shape index (κ1) is 15.3. The minimum absolute atomic E-state index is 0.474. The number of aliphatic carboxylic acids is 1. The Morgan fingerprint density at radius 3 is 2.83 bits per heavy atom. The molecular formula is C16H15ClN4O2. The van der Waals surface area contributed by atoms with Crippen molar-refractivity contribution in [3.8, 4) is 11.4 Å². The first-order chi connectivity index (χ1) is 10.9. The number of nitrogens with zero attached hydrogens (tertiary/aromatic N) is 2. The summed E-state index contributed by atoms with van der Waals surface area (Å²) in [4.78, 5) is 23.3. The Bertz CT molecular complexity index is 891. The van der Waals surface area contributed by atoms with Crippen LogP contribution in [0, 0.1) is 6.92 Å². The predicted molar refractivity (Wildman–Crippen MR) is 89.8 cm³/mol. The normalized spacial score (nSPS) is 12.3. The molecule has 1 aromatic carbocycles. The summed E-state index contributed by atoms with van der Waals surface area (Å²) >= 11 is 6.03. The molecule has 7 heteroatoms. The number of hydrogen-bond acceptors (Lipinski definition) is 4. The van der Waals surface area contributed by atoms with Gasteiger partial charge in [-0.15, -0.1) is 0 Å². The van der Waals surface area contributed by atoms with Crippen molar-refractivity contribution in [2.45, 2.75) is 19.9 Å². The lowest BCUT2D eigenvalue weighted by Crippen LogP contribution is -2.26. The van der Waals surface area contributed by atoms with E-state index in [0.29, 0.717) is 22.3 Å². The number of aromatic amines is 1. The lowest BCUT2D eigenvalue weighted by Gasteiger charge is -2.12. The zero-order chi connectivity index (χ0) is 16.6. The van der Waals surface area contributed by atoms with E-state index in [1.807, 2.05) is 25.1 Å². The van der Waals surface area contributed by atoms with Crippen molar-refractivity contribution in [2.75, 3.05) is 5.32 Å². The van der Waals surface area contributed by atoms with E-state index in [9.17, 15) is 4.79 Å². The zero-order valence-electron chi connectivity index (χ0n) is 12.6. The summed E-state index contributed by atoms with van der Waals surface area (Å²) in [7, 11) is 0. The molecule has 0 bridgehead atoms. The summed E-state index contributed by atoms with van der Waals surface area (Å²) < 4.78 is 0. The van der Waals surface area contributed by atoms with Gasteiger partial charge in [0.1, 0.15) is 17.5 Å². The summed E-state index contributed by atoms with van der Waals surface area (Å²) in [5.41, 5.74) is 2.33. The SMILES string of the molecule is Cc1cc2c(NC(C)C(=O)O)nc(-c3cccc(Cl)c3)nc2[nH]1. The van der Waals surface area contributed by atoms with E-state index in [-0.39, 0.29) is 0 Å². The quantitative estimate of drug-likeness (QED) is 0.681. The molecule has 2 heterocycles. The van der Waals surface area contributed by atoms with Crippen LogP contribution < -0.4 is 5.32 Å². The monoisotopic (exact) mass is 330 g/mol. The third kappa shape index (κ3) is 3.12. The van der Waals surface area contributed by atoms with Gasteiger partial charge in [-0.2, -0.15) is 0 Å². The van der Waals surface area contributed by atoms with Crippen LogP contribution in [0.5, 0.6) is 0 Å². The zero-order valence-corrected chi connectivity index (χ0v) is 13.3. The highest BCUT2D eigenvalue weighted by Gasteiger charge is 2.16. The number of aryl methyl sites for hydroxylation is 1. The highest BCUT2D eigenvalue weighted by molar-refractivity contribution is 6.30. The van der Waals surface area contributed by atoms with Crippen molar-refractivity contribution in [3.63, 3.8) is 0 Å². The molecule has 3 rings (SSSR count). The van der Waals surface area contributed by atoms with Gasteiger partial charge in [-0.3, -0.25) is 4.79 Å². The number of benzene rings is 1. The first-order valence-corrected chi connectivity index (χ1v) is 7.44. The van der Waals surface area contributed by atoms with Crippen molar-refractivity contribution in [1.82, 2.24) is 15.0 Å². The molecule has 23 heavy (non-hydrogen) atoms. The summed E-state index contributed by atoms with van der Waals surface area (Å²) in [6.45, 7) is 3.47. The minimum Gasteiger partial charge on any atom is -0.480 e. The molecule has 1 atom stereocenters. The number of carboxylic acids is 1. The molecule has 0 aliphatic heterocycles. The van der Waals surface area contributed by atoms with Gasteiger partial charge in [0.05, 0.1) is 5.39 Å². The topological polar surface area (TPSA) is 90.9 Å². The van der Waals surface area contributed by atoms with Gasteiger partial charge in [-0.25, -0.2) is 9.97 Å². The third-order valence-corrected chi connectivity index (χ3v) is 3.66. The fourth-order valence-electron chi connectivity index (χ4n) is 2.27. The van der Waals surface area contributed by atoms with Crippen LogP contribution in [0.3, 0.4) is 0 Å². The second kappa shape index (κ2) is 5.89. The molecule has 0 fully saturated rings. The lowest BCUT2D eigenvalue weighted by molar-refractivity contribution is -0.137. The van der Waals surface area contributed by atoms with Crippen molar-refractivity contribution < 1.29 is 9.90 Å². The van der Waals surface area contributed by atoms with Crippen molar-refractivity contribution >= 4 is 34.4 Å². The molecule has 3 aromatic rings. The highest BCUT2D eigenvalue weighted by atomic mass is 35.5.